The molecule has 5 nitrogen and oxygen atoms in total. The molecule has 0 spiro atoms. The third-order valence-corrected chi connectivity index (χ3v) is 4.81. The second-order valence-electron chi connectivity index (χ2n) is 7.60. The molecule has 3 rings (SSSR count). The minimum absolute atomic E-state index is 0.0665. The average molecular weight is 367 g/mol. The lowest BCUT2D eigenvalue weighted by Crippen LogP contribution is -2.32. The van der Waals surface area contributed by atoms with Crippen LogP contribution in [0, 0.1) is 13.8 Å². The Bertz CT molecular complexity index is 787. The van der Waals surface area contributed by atoms with Gasteiger partial charge in [-0.25, -0.2) is 0 Å². The van der Waals surface area contributed by atoms with Gasteiger partial charge in [0.15, 0.2) is 0 Å². The van der Waals surface area contributed by atoms with Crippen LogP contribution in [-0.4, -0.2) is 41.6 Å². The molecular weight excluding hydrogens is 338 g/mol. The van der Waals surface area contributed by atoms with E-state index in [1.807, 2.05) is 25.7 Å². The number of benzene rings is 1. The van der Waals surface area contributed by atoms with Gasteiger partial charge in [-0.2, -0.15) is 0 Å². The van der Waals surface area contributed by atoms with Gasteiger partial charge in [0.2, 0.25) is 5.91 Å². The lowest BCUT2D eigenvalue weighted by atomic mass is 10.0. The van der Waals surface area contributed by atoms with Gasteiger partial charge in [-0.05, 0) is 58.4 Å². The number of nitrogens with zero attached hydrogens (tertiary/aromatic N) is 2. The number of anilines is 2. The van der Waals surface area contributed by atoms with Gasteiger partial charge in [-0.1, -0.05) is 17.7 Å². The molecule has 1 aliphatic rings. The number of carbonyl (C=O) groups is 1. The van der Waals surface area contributed by atoms with Gasteiger partial charge < -0.3 is 15.0 Å². The van der Waals surface area contributed by atoms with Crippen LogP contribution >= 0.6 is 0 Å². The van der Waals surface area contributed by atoms with Crippen molar-refractivity contribution >= 4 is 17.3 Å². The first-order chi connectivity index (χ1) is 12.9. The molecule has 1 atom stereocenters. The van der Waals surface area contributed by atoms with E-state index in [-0.39, 0.29) is 24.5 Å². The maximum absolute atomic E-state index is 12.3. The van der Waals surface area contributed by atoms with Gasteiger partial charge in [-0.3, -0.25) is 9.78 Å². The second kappa shape index (κ2) is 8.53. The van der Waals surface area contributed by atoms with Gasteiger partial charge in [0, 0.05) is 41.8 Å². The predicted octanol–water partition coefficient (Wildman–Crippen LogP) is 4.18. The van der Waals surface area contributed by atoms with E-state index in [9.17, 15) is 4.79 Å². The summed E-state index contributed by atoms with van der Waals surface area (Å²) in [7, 11) is 0. The van der Waals surface area contributed by atoms with Crippen molar-refractivity contribution in [3.8, 4) is 0 Å². The lowest BCUT2D eigenvalue weighted by molar-refractivity contribution is -0.136. The molecule has 0 radical (unpaired) electrons. The summed E-state index contributed by atoms with van der Waals surface area (Å²) in [6.45, 7) is 9.61. The Morgan fingerprint density at radius 3 is 2.67 bits per heavy atom. The minimum Gasteiger partial charge on any atom is -0.369 e. The highest BCUT2D eigenvalue weighted by Gasteiger charge is 2.28. The van der Waals surface area contributed by atoms with Crippen molar-refractivity contribution in [2.75, 3.05) is 25.0 Å². The number of nitrogens with one attached hydrogen (secondary N) is 1. The van der Waals surface area contributed by atoms with E-state index >= 15 is 0 Å². The first-order valence-corrected chi connectivity index (χ1v) is 9.62. The lowest BCUT2D eigenvalue weighted by Gasteiger charge is -2.18. The summed E-state index contributed by atoms with van der Waals surface area (Å²) in [4.78, 5) is 18.9. The molecule has 1 aromatic carbocycles. The number of hydrogen-bond donors (Lipinski definition) is 1. The molecule has 2 aromatic rings. The molecule has 1 fully saturated rings. The maximum Gasteiger partial charge on any atom is 0.248 e. The van der Waals surface area contributed by atoms with E-state index in [0.717, 1.165) is 35.7 Å². The van der Waals surface area contributed by atoms with Crippen LogP contribution in [0.2, 0.25) is 0 Å². The van der Waals surface area contributed by atoms with Gasteiger partial charge in [0.1, 0.15) is 6.61 Å². The number of ether oxygens (including phenoxy) is 1. The minimum atomic E-state index is 0.0665. The summed E-state index contributed by atoms with van der Waals surface area (Å²) in [6.07, 6.45) is 1.01. The molecule has 5 heteroatoms. The summed E-state index contributed by atoms with van der Waals surface area (Å²) >= 11 is 0. The van der Waals surface area contributed by atoms with E-state index < -0.39 is 0 Å². The van der Waals surface area contributed by atoms with Crippen LogP contribution in [-0.2, 0) is 9.53 Å². The fourth-order valence-electron chi connectivity index (χ4n) is 3.34. The Morgan fingerprint density at radius 2 is 1.96 bits per heavy atom. The van der Waals surface area contributed by atoms with Crippen LogP contribution in [0.15, 0.2) is 36.4 Å². The molecule has 144 valence electrons. The SMILES string of the molecule is Cc1ccc(Nc2cc(C)nc([C@H]3CCN(C(=O)COC(C)C)C3)c2)cc1. The second-order valence-corrected chi connectivity index (χ2v) is 7.60. The summed E-state index contributed by atoms with van der Waals surface area (Å²) in [5.41, 5.74) is 5.37. The van der Waals surface area contributed by atoms with E-state index in [2.05, 4.69) is 48.6 Å². The van der Waals surface area contributed by atoms with Crippen molar-refractivity contribution in [1.29, 1.82) is 0 Å². The number of aryl methyl sites for hydroxylation is 2. The third-order valence-electron chi connectivity index (χ3n) is 4.81. The van der Waals surface area contributed by atoms with Crippen molar-refractivity contribution in [2.45, 2.75) is 46.1 Å². The van der Waals surface area contributed by atoms with Crippen LogP contribution in [0.4, 0.5) is 11.4 Å². The van der Waals surface area contributed by atoms with Crippen LogP contribution in [0.3, 0.4) is 0 Å². The van der Waals surface area contributed by atoms with Crippen LogP contribution < -0.4 is 5.32 Å². The zero-order valence-corrected chi connectivity index (χ0v) is 16.7. The normalized spacial score (nSPS) is 16.8. The van der Waals surface area contributed by atoms with Gasteiger partial charge in [0.05, 0.1) is 6.10 Å². The molecule has 0 aliphatic carbocycles. The topological polar surface area (TPSA) is 54.5 Å². The van der Waals surface area contributed by atoms with Crippen LogP contribution in [0.25, 0.3) is 0 Å². The zero-order chi connectivity index (χ0) is 19.4. The van der Waals surface area contributed by atoms with Gasteiger partial charge >= 0.3 is 0 Å². The average Bonchev–Trinajstić information content (AvgIpc) is 3.11. The molecule has 1 N–H and O–H groups in total. The number of likely N-dealkylation sites (tertiary alicyclic amines) is 1. The Labute approximate surface area is 161 Å². The molecule has 27 heavy (non-hydrogen) atoms. The molecular formula is C22H29N3O2. The Morgan fingerprint density at radius 1 is 1.22 bits per heavy atom. The molecule has 0 unspecified atom stereocenters. The molecule has 1 aromatic heterocycles. The number of amides is 1. The van der Waals surface area contributed by atoms with Crippen molar-refractivity contribution in [2.24, 2.45) is 0 Å². The van der Waals surface area contributed by atoms with Crippen LogP contribution in [0.1, 0.15) is 43.1 Å². The zero-order valence-electron chi connectivity index (χ0n) is 16.7. The molecule has 1 amide bonds. The quantitative estimate of drug-likeness (QED) is 0.832. The Balaban J connectivity index is 1.67. The monoisotopic (exact) mass is 367 g/mol. The summed E-state index contributed by atoms with van der Waals surface area (Å²) in [6, 6.07) is 12.5. The predicted molar refractivity (Wildman–Crippen MR) is 108 cm³/mol. The fourth-order valence-corrected chi connectivity index (χ4v) is 3.34. The maximum atomic E-state index is 12.3. The third kappa shape index (κ3) is 5.30. The molecule has 1 saturated heterocycles. The number of hydrogen-bond acceptors (Lipinski definition) is 4. The summed E-state index contributed by atoms with van der Waals surface area (Å²) in [5.74, 6) is 0.336. The first kappa shape index (κ1) is 19.4. The van der Waals surface area contributed by atoms with E-state index in [1.165, 1.54) is 5.56 Å². The molecule has 0 saturated carbocycles. The molecule has 0 bridgehead atoms. The van der Waals surface area contributed by atoms with Crippen molar-refractivity contribution in [3.63, 3.8) is 0 Å². The van der Waals surface area contributed by atoms with Gasteiger partial charge in [-0.15, -0.1) is 0 Å². The number of rotatable bonds is 6. The molecule has 2 heterocycles. The van der Waals surface area contributed by atoms with Crippen molar-refractivity contribution in [1.82, 2.24) is 9.88 Å². The molecule has 1 aliphatic heterocycles. The highest BCUT2D eigenvalue weighted by molar-refractivity contribution is 5.77. The van der Waals surface area contributed by atoms with Crippen molar-refractivity contribution in [3.05, 3.63) is 53.3 Å². The fraction of sp³-hybridized carbons (Fsp3) is 0.455. The van der Waals surface area contributed by atoms with E-state index in [0.29, 0.717) is 6.54 Å². The largest absolute Gasteiger partial charge is 0.369 e. The Kier molecular flexibility index (Phi) is 6.11. The summed E-state index contributed by atoms with van der Waals surface area (Å²) < 4.78 is 5.45. The van der Waals surface area contributed by atoms with Crippen molar-refractivity contribution < 1.29 is 9.53 Å². The smallest absolute Gasteiger partial charge is 0.248 e. The number of aromatic nitrogens is 1. The highest BCUT2D eigenvalue weighted by atomic mass is 16.5. The Hall–Kier alpha value is -2.40. The van der Waals surface area contributed by atoms with Crippen LogP contribution in [0.5, 0.6) is 0 Å². The van der Waals surface area contributed by atoms with Gasteiger partial charge in [0.25, 0.3) is 0 Å². The first-order valence-electron chi connectivity index (χ1n) is 9.62. The van der Waals surface area contributed by atoms with E-state index in [1.54, 1.807) is 0 Å². The van der Waals surface area contributed by atoms with E-state index in [4.69, 9.17) is 9.72 Å². The standard InChI is InChI=1S/C22H29N3O2/c1-15(2)27-14-22(26)25-10-9-18(13-25)21-12-20(11-17(4)23-21)24-19-7-5-16(3)6-8-19/h5-8,11-12,15,18H,9-10,13-14H2,1-4H3,(H,23,24)/t18-/m0/s1. The highest BCUT2D eigenvalue weighted by Crippen LogP contribution is 2.29. The number of carbonyl (C=O) groups excluding carboxylic acids is 1. The summed E-state index contributed by atoms with van der Waals surface area (Å²) in [5, 5.41) is 3.46. The number of pyridine rings is 1.